The highest BCUT2D eigenvalue weighted by Gasteiger charge is 2.33. The molecule has 3 aromatic carbocycles. The minimum atomic E-state index is -4.85. The molecule has 0 radical (unpaired) electrons. The Balaban J connectivity index is 1.61. The van der Waals surface area contributed by atoms with Crippen molar-refractivity contribution in [1.82, 2.24) is 14.1 Å². The first kappa shape index (κ1) is 28.4. The van der Waals surface area contributed by atoms with Crippen LogP contribution in [0.3, 0.4) is 0 Å². The predicted molar refractivity (Wildman–Crippen MR) is 140 cm³/mol. The molecular weight excluding hydrogens is 567 g/mol. The van der Waals surface area contributed by atoms with Gasteiger partial charge >= 0.3 is 11.9 Å². The lowest BCUT2D eigenvalue weighted by Crippen LogP contribution is -2.28. The highest BCUT2D eigenvalue weighted by atomic mass is 19.4. The number of benzene rings is 3. The molecule has 0 fully saturated rings. The summed E-state index contributed by atoms with van der Waals surface area (Å²) in [5, 5.41) is 2.47. The van der Waals surface area contributed by atoms with Crippen LogP contribution < -0.4 is 20.5 Å². The van der Waals surface area contributed by atoms with Crippen LogP contribution in [-0.4, -0.2) is 27.1 Å². The number of nitrogens with zero attached hydrogens (tertiary/aromatic N) is 3. The van der Waals surface area contributed by atoms with Crippen LogP contribution in [0.5, 0.6) is 11.5 Å². The van der Waals surface area contributed by atoms with Crippen molar-refractivity contribution in [1.29, 1.82) is 0 Å². The van der Waals surface area contributed by atoms with Gasteiger partial charge < -0.3 is 19.2 Å². The fraction of sp³-hybridized carbons (Fsp3) is 0.179. The number of fused-ring (bicyclic) bond motifs is 1. The Morgan fingerprint density at radius 3 is 2.48 bits per heavy atom. The van der Waals surface area contributed by atoms with E-state index < -0.39 is 41.5 Å². The molecule has 0 aliphatic rings. The quantitative estimate of drug-likeness (QED) is 0.240. The number of aryl methyl sites for hydroxylation is 1. The zero-order valence-corrected chi connectivity index (χ0v) is 22.0. The van der Waals surface area contributed by atoms with E-state index in [1.165, 1.54) is 38.6 Å². The number of carbonyl (C=O) groups is 1. The Bertz CT molecular complexity index is 1830. The van der Waals surface area contributed by atoms with Gasteiger partial charge in [-0.1, -0.05) is 0 Å². The molecular formula is C28H21F5N4O5. The van der Waals surface area contributed by atoms with Crippen molar-refractivity contribution < 1.29 is 40.6 Å². The van der Waals surface area contributed by atoms with Crippen molar-refractivity contribution in [2.24, 2.45) is 7.05 Å². The Labute approximate surface area is 233 Å². The number of amides is 1. The molecule has 0 atom stereocenters. The van der Waals surface area contributed by atoms with E-state index in [0.29, 0.717) is 5.69 Å². The van der Waals surface area contributed by atoms with Crippen LogP contribution in [0.2, 0.25) is 0 Å². The van der Waals surface area contributed by atoms with E-state index >= 15 is 4.39 Å². The average molecular weight is 588 g/mol. The summed E-state index contributed by atoms with van der Waals surface area (Å²) in [5.74, 6) is -2.65. The van der Waals surface area contributed by atoms with Crippen LogP contribution in [0, 0.1) is 11.6 Å². The number of rotatable bonds is 8. The smallest absolute Gasteiger partial charge is 0.416 e. The average Bonchev–Trinajstić information content (AvgIpc) is 3.55. The maximum absolute atomic E-state index is 15.3. The summed E-state index contributed by atoms with van der Waals surface area (Å²) in [4.78, 5) is 29.8. The number of halogens is 5. The SMILES string of the molecule is COc1cc(-c2cc(C(F)(F)F)cc3c2n(C)c(=O)n3CC(=O)Nc2ccc(F)cc2)cc(F)c1OCc1cocn1. The monoisotopic (exact) mass is 588 g/mol. The number of carbonyl (C=O) groups excluding carboxylic acids is 1. The van der Waals surface area contributed by atoms with Crippen molar-refractivity contribution in [3.8, 4) is 22.6 Å². The van der Waals surface area contributed by atoms with Crippen molar-refractivity contribution >= 4 is 22.6 Å². The normalized spacial score (nSPS) is 11.6. The van der Waals surface area contributed by atoms with E-state index in [1.54, 1.807) is 0 Å². The third kappa shape index (κ3) is 5.55. The third-order valence-corrected chi connectivity index (χ3v) is 6.38. The predicted octanol–water partition coefficient (Wildman–Crippen LogP) is 5.52. The highest BCUT2D eigenvalue weighted by Crippen LogP contribution is 2.41. The number of hydrogen-bond acceptors (Lipinski definition) is 6. The van der Waals surface area contributed by atoms with E-state index in [-0.39, 0.29) is 46.0 Å². The van der Waals surface area contributed by atoms with Gasteiger partial charge in [0.1, 0.15) is 30.9 Å². The Morgan fingerprint density at radius 1 is 1.10 bits per heavy atom. The van der Waals surface area contributed by atoms with Gasteiger partial charge in [-0.05, 0) is 54.1 Å². The third-order valence-electron chi connectivity index (χ3n) is 6.38. The second-order valence-corrected chi connectivity index (χ2v) is 9.13. The molecule has 0 spiro atoms. The zero-order valence-electron chi connectivity index (χ0n) is 22.0. The molecule has 5 aromatic rings. The molecule has 0 unspecified atom stereocenters. The van der Waals surface area contributed by atoms with Crippen LogP contribution in [0.1, 0.15) is 11.3 Å². The lowest BCUT2D eigenvalue weighted by Gasteiger charge is -2.15. The molecule has 2 heterocycles. The number of aromatic nitrogens is 3. The first-order valence-electron chi connectivity index (χ1n) is 12.2. The van der Waals surface area contributed by atoms with Crippen LogP contribution in [0.15, 0.2) is 70.4 Å². The van der Waals surface area contributed by atoms with Crippen molar-refractivity contribution in [2.75, 3.05) is 12.4 Å². The summed E-state index contributed by atoms with van der Waals surface area (Å²) >= 11 is 0. The lowest BCUT2D eigenvalue weighted by atomic mass is 9.99. The van der Waals surface area contributed by atoms with Crippen LogP contribution in [-0.2, 0) is 31.2 Å². The number of ether oxygens (including phenoxy) is 2. The van der Waals surface area contributed by atoms with Crippen molar-refractivity contribution in [3.05, 3.63) is 94.6 Å². The fourth-order valence-corrected chi connectivity index (χ4v) is 4.44. The molecule has 0 aliphatic carbocycles. The molecule has 9 nitrogen and oxygen atoms in total. The van der Waals surface area contributed by atoms with Crippen molar-refractivity contribution in [3.63, 3.8) is 0 Å². The molecule has 1 N–H and O–H groups in total. The highest BCUT2D eigenvalue weighted by molar-refractivity contribution is 5.96. The molecule has 14 heteroatoms. The number of hydrogen-bond donors (Lipinski definition) is 1. The first-order valence-corrected chi connectivity index (χ1v) is 12.2. The molecule has 0 saturated heterocycles. The van der Waals surface area contributed by atoms with Gasteiger partial charge in [-0.25, -0.2) is 18.6 Å². The van der Waals surface area contributed by atoms with E-state index in [1.807, 2.05) is 0 Å². The summed E-state index contributed by atoms with van der Waals surface area (Å²) in [6, 6.07) is 8.57. The standard InChI is InChI=1S/C28H21F5N4O5/c1-36-25-20(15-7-21(30)26(23(8-15)40-2)42-13-19-12-41-14-34-19)9-16(28(31,32)33)10-22(25)37(27(36)39)11-24(38)35-18-5-3-17(29)4-6-18/h3-10,12,14H,11,13H2,1-2H3,(H,35,38). The molecule has 1 amide bonds. The van der Waals surface area contributed by atoms with E-state index in [0.717, 1.165) is 45.9 Å². The molecule has 0 saturated carbocycles. The van der Waals surface area contributed by atoms with Gasteiger partial charge in [0.2, 0.25) is 5.91 Å². The van der Waals surface area contributed by atoms with Gasteiger partial charge in [0.15, 0.2) is 23.7 Å². The van der Waals surface area contributed by atoms with E-state index in [4.69, 9.17) is 13.9 Å². The number of anilines is 1. The topological polar surface area (TPSA) is 101 Å². The maximum atomic E-state index is 15.3. The molecule has 5 rings (SSSR count). The summed E-state index contributed by atoms with van der Waals surface area (Å²) in [6.45, 7) is -0.824. The molecule has 0 aliphatic heterocycles. The molecule has 218 valence electrons. The number of imidazole rings is 1. The van der Waals surface area contributed by atoms with E-state index in [9.17, 15) is 27.2 Å². The van der Waals surface area contributed by atoms with Gasteiger partial charge in [-0.15, -0.1) is 0 Å². The number of nitrogens with one attached hydrogen (secondary N) is 1. The molecule has 42 heavy (non-hydrogen) atoms. The van der Waals surface area contributed by atoms with Gasteiger partial charge in [-0.2, -0.15) is 13.2 Å². The minimum absolute atomic E-state index is 0.0142. The summed E-state index contributed by atoms with van der Waals surface area (Å²) < 4.78 is 88.1. The molecule has 2 aromatic heterocycles. The number of methoxy groups -OCH3 is 1. The summed E-state index contributed by atoms with van der Waals surface area (Å²) in [6.07, 6.45) is -2.39. The zero-order chi connectivity index (χ0) is 30.2. The van der Waals surface area contributed by atoms with Gasteiger partial charge in [0.25, 0.3) is 0 Å². The van der Waals surface area contributed by atoms with Gasteiger partial charge in [0.05, 0.1) is 23.7 Å². The van der Waals surface area contributed by atoms with E-state index in [2.05, 4.69) is 10.3 Å². The second kappa shape index (κ2) is 11.0. The Kier molecular flexibility index (Phi) is 7.45. The van der Waals surface area contributed by atoms with Crippen LogP contribution in [0.25, 0.3) is 22.2 Å². The summed E-state index contributed by atoms with van der Waals surface area (Å²) in [7, 11) is 2.55. The van der Waals surface area contributed by atoms with Gasteiger partial charge in [0, 0.05) is 18.3 Å². The molecule has 0 bridgehead atoms. The largest absolute Gasteiger partial charge is 0.493 e. The summed E-state index contributed by atoms with van der Waals surface area (Å²) in [5.41, 5.74) is -1.73. The number of alkyl halides is 3. The first-order chi connectivity index (χ1) is 20.0. The lowest BCUT2D eigenvalue weighted by molar-refractivity contribution is -0.137. The van der Waals surface area contributed by atoms with Crippen LogP contribution in [0.4, 0.5) is 27.6 Å². The second-order valence-electron chi connectivity index (χ2n) is 9.13. The minimum Gasteiger partial charge on any atom is -0.493 e. The Hall–Kier alpha value is -5.14. The Morgan fingerprint density at radius 2 is 1.83 bits per heavy atom. The maximum Gasteiger partial charge on any atom is 0.416 e. The van der Waals surface area contributed by atoms with Crippen molar-refractivity contribution in [2.45, 2.75) is 19.3 Å². The van der Waals surface area contributed by atoms with Gasteiger partial charge in [-0.3, -0.25) is 13.9 Å². The van der Waals surface area contributed by atoms with Crippen LogP contribution >= 0.6 is 0 Å². The number of oxazole rings is 1. The fourth-order valence-electron chi connectivity index (χ4n) is 4.44.